The first-order valence-electron chi connectivity index (χ1n) is 3.31. The Balaban J connectivity index is 3.00. The van der Waals surface area contributed by atoms with Gasteiger partial charge in [0.15, 0.2) is 0 Å². The highest BCUT2D eigenvalue weighted by Crippen LogP contribution is 1.75. The van der Waals surface area contributed by atoms with E-state index in [0.29, 0.717) is 6.61 Å². The second-order valence-corrected chi connectivity index (χ2v) is 1.78. The van der Waals surface area contributed by atoms with Gasteiger partial charge in [-0.1, -0.05) is 5.11 Å². The van der Waals surface area contributed by atoms with E-state index < -0.39 is 6.09 Å². The highest BCUT2D eigenvalue weighted by Gasteiger charge is 1.86. The fourth-order valence-electron chi connectivity index (χ4n) is 0.477. The maximum atomic E-state index is 9.79. The van der Waals surface area contributed by atoms with Crippen molar-refractivity contribution in [1.29, 1.82) is 0 Å². The molecule has 0 aromatic heterocycles. The fraction of sp³-hybridized carbons (Fsp3) is 0.800. The SMILES string of the molecule is [N-]=[N+]=NCCOCCNC(=O)[O-]. The van der Waals surface area contributed by atoms with Crippen LogP contribution in [-0.2, 0) is 4.74 Å². The smallest absolute Gasteiger partial charge is 0.134 e. The second kappa shape index (κ2) is 7.64. The van der Waals surface area contributed by atoms with Crippen molar-refractivity contribution in [2.75, 3.05) is 26.3 Å². The van der Waals surface area contributed by atoms with Gasteiger partial charge in [0.25, 0.3) is 0 Å². The molecule has 0 rings (SSSR count). The number of ether oxygens (including phenoxy) is 1. The molecule has 0 bridgehead atoms. The summed E-state index contributed by atoms with van der Waals surface area (Å²) in [5, 5.41) is 15.0. The van der Waals surface area contributed by atoms with Crippen molar-refractivity contribution in [3.05, 3.63) is 10.4 Å². The van der Waals surface area contributed by atoms with E-state index in [2.05, 4.69) is 10.0 Å². The Morgan fingerprint density at radius 3 is 3.00 bits per heavy atom. The molecule has 0 aliphatic carbocycles. The largest absolute Gasteiger partial charge is 0.530 e. The normalized spacial score (nSPS) is 8.67. The van der Waals surface area contributed by atoms with Gasteiger partial charge in [0.1, 0.15) is 6.09 Å². The Morgan fingerprint density at radius 2 is 2.42 bits per heavy atom. The third-order valence-electron chi connectivity index (χ3n) is 0.915. The van der Waals surface area contributed by atoms with Gasteiger partial charge in [-0.25, -0.2) is 0 Å². The number of hydrogen-bond donors (Lipinski definition) is 1. The molecule has 68 valence electrons. The summed E-state index contributed by atoms with van der Waals surface area (Å²) in [6.45, 7) is 0.966. The molecule has 0 aromatic carbocycles. The molecule has 0 aromatic rings. The van der Waals surface area contributed by atoms with Crippen LogP contribution in [-0.4, -0.2) is 32.4 Å². The quantitative estimate of drug-likeness (QED) is 0.247. The van der Waals surface area contributed by atoms with Crippen molar-refractivity contribution in [2.45, 2.75) is 0 Å². The number of carbonyl (C=O) groups is 1. The number of azide groups is 1. The van der Waals surface area contributed by atoms with E-state index in [-0.39, 0.29) is 19.7 Å². The molecule has 1 N–H and O–H groups in total. The summed E-state index contributed by atoms with van der Waals surface area (Å²) < 4.78 is 4.87. The van der Waals surface area contributed by atoms with E-state index in [9.17, 15) is 9.90 Å². The van der Waals surface area contributed by atoms with Crippen LogP contribution in [0.1, 0.15) is 0 Å². The summed E-state index contributed by atoms with van der Waals surface area (Å²) >= 11 is 0. The molecule has 0 radical (unpaired) electrons. The first-order valence-corrected chi connectivity index (χ1v) is 3.31. The minimum absolute atomic E-state index is 0.179. The van der Waals surface area contributed by atoms with Crippen molar-refractivity contribution in [2.24, 2.45) is 5.11 Å². The Kier molecular flexibility index (Phi) is 6.71. The zero-order valence-electron chi connectivity index (χ0n) is 6.39. The lowest BCUT2D eigenvalue weighted by atomic mass is 10.6. The minimum Gasteiger partial charge on any atom is -0.530 e. The summed E-state index contributed by atoms with van der Waals surface area (Å²) in [6, 6.07) is 0. The van der Waals surface area contributed by atoms with Crippen molar-refractivity contribution >= 4 is 6.09 Å². The molecule has 0 atom stereocenters. The number of hydrogen-bond acceptors (Lipinski definition) is 4. The number of nitrogens with one attached hydrogen (secondary N) is 1. The molecule has 7 heteroatoms. The maximum absolute atomic E-state index is 9.79. The topological polar surface area (TPSA) is 110 Å². The number of carbonyl (C=O) groups excluding carboxylic acids is 1. The lowest BCUT2D eigenvalue weighted by molar-refractivity contribution is -0.250. The molecule has 0 heterocycles. The summed E-state index contributed by atoms with van der Waals surface area (Å²) in [5.41, 5.74) is 7.85. The van der Waals surface area contributed by atoms with Crippen LogP contribution in [0.5, 0.6) is 0 Å². The summed E-state index contributed by atoms with van der Waals surface area (Å²) in [5.74, 6) is 0. The fourth-order valence-corrected chi connectivity index (χ4v) is 0.477. The van der Waals surface area contributed by atoms with Crippen LogP contribution in [0.4, 0.5) is 4.79 Å². The highest BCUT2D eigenvalue weighted by molar-refractivity contribution is 5.61. The Morgan fingerprint density at radius 1 is 1.67 bits per heavy atom. The van der Waals surface area contributed by atoms with Crippen LogP contribution in [0, 0.1) is 0 Å². The van der Waals surface area contributed by atoms with Crippen molar-refractivity contribution in [1.82, 2.24) is 5.32 Å². The van der Waals surface area contributed by atoms with Gasteiger partial charge in [-0.05, 0) is 5.53 Å². The molecule has 0 unspecified atom stereocenters. The molecular weight excluding hydrogens is 164 g/mol. The van der Waals surface area contributed by atoms with E-state index in [0.717, 1.165) is 0 Å². The van der Waals surface area contributed by atoms with E-state index in [1.54, 1.807) is 0 Å². The van der Waals surface area contributed by atoms with Gasteiger partial charge in [-0.15, -0.1) is 0 Å². The summed E-state index contributed by atoms with van der Waals surface area (Å²) in [4.78, 5) is 12.3. The first kappa shape index (κ1) is 10.5. The third-order valence-corrected chi connectivity index (χ3v) is 0.915. The van der Waals surface area contributed by atoms with Crippen LogP contribution in [0.3, 0.4) is 0 Å². The minimum atomic E-state index is -1.33. The predicted molar refractivity (Wildman–Crippen MR) is 38.2 cm³/mol. The molecule has 0 saturated carbocycles. The van der Waals surface area contributed by atoms with Crippen molar-refractivity contribution < 1.29 is 14.6 Å². The molecule has 0 spiro atoms. The number of carboxylic acid groups (broad SMARTS) is 1. The molecular formula is C5H9N4O3-. The average molecular weight is 173 g/mol. The lowest BCUT2D eigenvalue weighted by Crippen LogP contribution is -2.38. The van der Waals surface area contributed by atoms with Gasteiger partial charge in [0.05, 0.1) is 13.2 Å². The van der Waals surface area contributed by atoms with E-state index in [4.69, 9.17) is 10.3 Å². The molecule has 0 aliphatic heterocycles. The van der Waals surface area contributed by atoms with E-state index in [1.807, 2.05) is 5.32 Å². The molecule has 0 aliphatic rings. The molecule has 0 saturated heterocycles. The van der Waals surface area contributed by atoms with Crippen molar-refractivity contribution in [3.63, 3.8) is 0 Å². The number of nitrogens with zero attached hydrogens (tertiary/aromatic N) is 3. The number of rotatable bonds is 6. The van der Waals surface area contributed by atoms with Gasteiger partial charge in [-0.2, -0.15) is 0 Å². The van der Waals surface area contributed by atoms with Gasteiger partial charge >= 0.3 is 0 Å². The highest BCUT2D eigenvalue weighted by atomic mass is 16.5. The molecule has 12 heavy (non-hydrogen) atoms. The van der Waals surface area contributed by atoms with E-state index >= 15 is 0 Å². The zero-order valence-corrected chi connectivity index (χ0v) is 6.39. The number of amides is 1. The van der Waals surface area contributed by atoms with Crippen molar-refractivity contribution in [3.8, 4) is 0 Å². The first-order chi connectivity index (χ1) is 5.77. The zero-order chi connectivity index (χ0) is 9.23. The standard InChI is InChI=1S/C5H10N4O3/c6-9-8-2-4-12-3-1-7-5(10)11/h7H,1-4H2,(H,10,11)/p-1. The van der Waals surface area contributed by atoms with Crippen LogP contribution in [0.25, 0.3) is 10.4 Å². The van der Waals surface area contributed by atoms with Gasteiger partial charge in [0.2, 0.25) is 0 Å². The van der Waals surface area contributed by atoms with Crippen LogP contribution in [0.15, 0.2) is 5.11 Å². The second-order valence-electron chi connectivity index (χ2n) is 1.78. The molecule has 7 nitrogen and oxygen atoms in total. The van der Waals surface area contributed by atoms with Crippen LogP contribution < -0.4 is 10.4 Å². The summed E-state index contributed by atoms with van der Waals surface area (Å²) in [6.07, 6.45) is -1.33. The van der Waals surface area contributed by atoms with E-state index in [1.165, 1.54) is 0 Å². The van der Waals surface area contributed by atoms with Gasteiger partial charge in [-0.3, -0.25) is 0 Å². The Labute approximate surface area is 69.0 Å². The lowest BCUT2D eigenvalue weighted by Gasteiger charge is -2.05. The van der Waals surface area contributed by atoms with Gasteiger partial charge < -0.3 is 20.0 Å². The maximum Gasteiger partial charge on any atom is 0.134 e. The monoisotopic (exact) mass is 173 g/mol. The third kappa shape index (κ3) is 8.54. The summed E-state index contributed by atoms with van der Waals surface area (Å²) in [7, 11) is 0. The van der Waals surface area contributed by atoms with Gasteiger partial charge in [0, 0.05) is 18.0 Å². The average Bonchev–Trinajstić information content (AvgIpc) is 2.02. The molecule has 1 amide bonds. The Hall–Kier alpha value is -1.46. The predicted octanol–water partition coefficient (Wildman–Crippen LogP) is -0.754. The van der Waals surface area contributed by atoms with Crippen LogP contribution >= 0.6 is 0 Å². The molecule has 0 fully saturated rings. The Bertz CT molecular complexity index is 172. The van der Waals surface area contributed by atoms with Crippen LogP contribution in [0.2, 0.25) is 0 Å².